The number of likely N-dealkylation sites (tertiary alicyclic amines) is 2. The van der Waals surface area contributed by atoms with Gasteiger partial charge >= 0.3 is 0 Å². The number of fused-ring (bicyclic) bond motifs is 1. The normalized spacial score (nSPS) is 25.2. The number of rotatable bonds is 5. The average molecular weight is 390 g/mol. The number of amides is 1. The van der Waals surface area contributed by atoms with Crippen LogP contribution in [0.2, 0.25) is 0 Å². The van der Waals surface area contributed by atoms with Crippen LogP contribution in [0, 0.1) is 5.41 Å². The first-order valence-corrected chi connectivity index (χ1v) is 10.2. The van der Waals surface area contributed by atoms with Gasteiger partial charge in [-0.2, -0.15) is 0 Å². The van der Waals surface area contributed by atoms with Crippen LogP contribution in [0.25, 0.3) is 0 Å². The Kier molecular flexibility index (Phi) is 5.64. The van der Waals surface area contributed by atoms with Crippen molar-refractivity contribution in [1.82, 2.24) is 9.80 Å². The number of nitrogens with zero attached hydrogens (tertiary/aromatic N) is 2. The number of carbonyl (C=O) groups is 1. The summed E-state index contributed by atoms with van der Waals surface area (Å²) in [6, 6.07) is 3.96. The Morgan fingerprint density at radius 1 is 1.18 bits per heavy atom. The molecule has 2 saturated heterocycles. The van der Waals surface area contributed by atoms with Crippen LogP contribution in [-0.4, -0.2) is 73.9 Å². The molecule has 0 aliphatic carbocycles. The fourth-order valence-electron chi connectivity index (χ4n) is 4.87. The maximum atomic E-state index is 12.2. The second-order valence-electron chi connectivity index (χ2n) is 8.16. The van der Waals surface area contributed by atoms with Gasteiger partial charge in [0.2, 0.25) is 5.91 Å². The molecule has 0 saturated carbocycles. The van der Waals surface area contributed by atoms with Crippen LogP contribution in [-0.2, 0) is 11.3 Å². The maximum Gasteiger partial charge on any atom is 0.222 e. The summed E-state index contributed by atoms with van der Waals surface area (Å²) in [5, 5.41) is 9.28. The van der Waals surface area contributed by atoms with Gasteiger partial charge in [-0.15, -0.1) is 0 Å². The summed E-state index contributed by atoms with van der Waals surface area (Å²) in [5.41, 5.74) is 1.23. The minimum absolute atomic E-state index is 0.0277. The number of β-amino-alcohol motifs (C(OH)–C–C–N with tert-alkyl or cyclic N) is 1. The minimum atomic E-state index is 0.0277. The van der Waals surface area contributed by atoms with Gasteiger partial charge in [-0.3, -0.25) is 9.69 Å². The van der Waals surface area contributed by atoms with E-state index in [1.54, 1.807) is 7.11 Å². The van der Waals surface area contributed by atoms with Crippen LogP contribution in [0.3, 0.4) is 0 Å². The van der Waals surface area contributed by atoms with Crippen molar-refractivity contribution in [2.24, 2.45) is 5.41 Å². The van der Waals surface area contributed by atoms with Crippen molar-refractivity contribution in [1.29, 1.82) is 0 Å². The van der Waals surface area contributed by atoms with Gasteiger partial charge in [0.05, 0.1) is 13.7 Å². The molecule has 28 heavy (non-hydrogen) atoms. The van der Waals surface area contributed by atoms with Crippen molar-refractivity contribution < 1.29 is 24.1 Å². The van der Waals surface area contributed by atoms with Crippen LogP contribution in [0.4, 0.5) is 0 Å². The van der Waals surface area contributed by atoms with Gasteiger partial charge in [-0.1, -0.05) is 0 Å². The summed E-state index contributed by atoms with van der Waals surface area (Å²) in [6.45, 7) is 5.13. The van der Waals surface area contributed by atoms with Crippen molar-refractivity contribution in [3.63, 3.8) is 0 Å². The number of aliphatic hydroxyl groups excluding tert-OH is 1. The first-order valence-electron chi connectivity index (χ1n) is 10.2. The second-order valence-corrected chi connectivity index (χ2v) is 8.16. The van der Waals surface area contributed by atoms with Crippen LogP contribution in [0.5, 0.6) is 17.2 Å². The third-order valence-electron chi connectivity index (χ3n) is 6.20. The maximum absolute atomic E-state index is 12.2. The number of piperidine rings is 2. The van der Waals surface area contributed by atoms with E-state index in [4.69, 9.17) is 14.2 Å². The molecule has 0 aromatic heterocycles. The molecule has 1 N–H and O–H groups in total. The highest BCUT2D eigenvalue weighted by Gasteiger charge is 2.41. The molecule has 1 atom stereocenters. The Labute approximate surface area is 166 Å². The Bertz CT molecular complexity index is 725. The van der Waals surface area contributed by atoms with Crippen molar-refractivity contribution in [3.8, 4) is 17.2 Å². The number of ether oxygens (including phenoxy) is 3. The molecule has 1 amide bonds. The highest BCUT2D eigenvalue weighted by atomic mass is 16.6. The zero-order valence-electron chi connectivity index (χ0n) is 16.6. The lowest BCUT2D eigenvalue weighted by atomic mass is 9.73. The molecule has 154 valence electrons. The second kappa shape index (κ2) is 8.17. The van der Waals surface area contributed by atoms with E-state index in [2.05, 4.69) is 4.90 Å². The lowest BCUT2D eigenvalue weighted by Gasteiger charge is -2.48. The molecule has 3 heterocycles. The third-order valence-corrected chi connectivity index (χ3v) is 6.20. The Morgan fingerprint density at radius 3 is 2.71 bits per heavy atom. The van der Waals surface area contributed by atoms with Gasteiger partial charge in [0.1, 0.15) is 19.0 Å². The summed E-state index contributed by atoms with van der Waals surface area (Å²) < 4.78 is 17.0. The van der Waals surface area contributed by atoms with Gasteiger partial charge in [0, 0.05) is 49.6 Å². The van der Waals surface area contributed by atoms with Crippen molar-refractivity contribution in [2.75, 3.05) is 53.1 Å². The topological polar surface area (TPSA) is 71.5 Å². The van der Waals surface area contributed by atoms with E-state index in [1.165, 1.54) is 0 Å². The van der Waals surface area contributed by atoms with Gasteiger partial charge in [0.25, 0.3) is 0 Å². The summed E-state index contributed by atoms with van der Waals surface area (Å²) in [4.78, 5) is 16.5. The molecular weight excluding hydrogens is 360 g/mol. The molecule has 7 nitrogen and oxygen atoms in total. The number of hydrogen-bond donors (Lipinski definition) is 1. The molecule has 1 spiro atoms. The Balaban J connectivity index is 1.49. The SMILES string of the molecule is COc1cc2c(cc1CN1CCCC3(CCC(=O)N(CCO)C3)C1)OCCO2. The first kappa shape index (κ1) is 19.3. The molecule has 3 aliphatic heterocycles. The van der Waals surface area contributed by atoms with Crippen molar-refractivity contribution >= 4 is 5.91 Å². The summed E-state index contributed by atoms with van der Waals surface area (Å²) in [5.74, 6) is 2.52. The van der Waals surface area contributed by atoms with E-state index in [0.717, 1.165) is 68.3 Å². The molecular formula is C21H30N2O5. The Hall–Kier alpha value is -1.99. The number of aliphatic hydroxyl groups is 1. The summed E-state index contributed by atoms with van der Waals surface area (Å²) in [7, 11) is 1.69. The zero-order valence-corrected chi connectivity index (χ0v) is 16.6. The van der Waals surface area contributed by atoms with E-state index < -0.39 is 0 Å². The zero-order chi connectivity index (χ0) is 19.6. The van der Waals surface area contributed by atoms with Crippen molar-refractivity contribution in [3.05, 3.63) is 17.7 Å². The molecule has 0 radical (unpaired) electrons. The summed E-state index contributed by atoms with van der Waals surface area (Å²) in [6.07, 6.45) is 3.77. The number of hydrogen-bond acceptors (Lipinski definition) is 6. The lowest BCUT2D eigenvalue weighted by Crippen LogP contribution is -2.54. The smallest absolute Gasteiger partial charge is 0.222 e. The largest absolute Gasteiger partial charge is 0.496 e. The number of carbonyl (C=O) groups excluding carboxylic acids is 1. The highest BCUT2D eigenvalue weighted by Crippen LogP contribution is 2.41. The van der Waals surface area contributed by atoms with Gasteiger partial charge in [-0.25, -0.2) is 0 Å². The van der Waals surface area contributed by atoms with E-state index in [-0.39, 0.29) is 17.9 Å². The summed E-state index contributed by atoms with van der Waals surface area (Å²) >= 11 is 0. The fourth-order valence-corrected chi connectivity index (χ4v) is 4.87. The first-order chi connectivity index (χ1) is 13.6. The van der Waals surface area contributed by atoms with E-state index in [1.807, 2.05) is 17.0 Å². The van der Waals surface area contributed by atoms with E-state index in [0.29, 0.717) is 26.2 Å². The van der Waals surface area contributed by atoms with E-state index in [9.17, 15) is 9.90 Å². The lowest BCUT2D eigenvalue weighted by molar-refractivity contribution is -0.140. The molecule has 1 aromatic carbocycles. The monoisotopic (exact) mass is 390 g/mol. The van der Waals surface area contributed by atoms with Gasteiger partial charge in [0.15, 0.2) is 11.5 Å². The number of methoxy groups -OCH3 is 1. The quantitative estimate of drug-likeness (QED) is 0.825. The molecule has 3 aliphatic rings. The van der Waals surface area contributed by atoms with Gasteiger partial charge in [-0.05, 0) is 31.9 Å². The minimum Gasteiger partial charge on any atom is -0.496 e. The predicted octanol–water partition coefficient (Wildman–Crippen LogP) is 1.66. The van der Waals surface area contributed by atoms with Crippen LogP contribution >= 0.6 is 0 Å². The van der Waals surface area contributed by atoms with Crippen LogP contribution < -0.4 is 14.2 Å². The third kappa shape index (κ3) is 3.91. The van der Waals surface area contributed by atoms with Crippen LogP contribution in [0.1, 0.15) is 31.2 Å². The highest BCUT2D eigenvalue weighted by molar-refractivity contribution is 5.77. The predicted molar refractivity (Wildman–Crippen MR) is 104 cm³/mol. The molecule has 0 bridgehead atoms. The number of benzene rings is 1. The Morgan fingerprint density at radius 2 is 1.96 bits per heavy atom. The molecule has 2 fully saturated rings. The molecule has 4 rings (SSSR count). The fraction of sp³-hybridized carbons (Fsp3) is 0.667. The van der Waals surface area contributed by atoms with E-state index >= 15 is 0 Å². The van der Waals surface area contributed by atoms with Crippen LogP contribution in [0.15, 0.2) is 12.1 Å². The average Bonchev–Trinajstić information content (AvgIpc) is 2.71. The molecule has 7 heteroatoms. The molecule has 1 unspecified atom stereocenters. The molecule has 1 aromatic rings. The standard InChI is InChI=1S/C21H30N2O5/c1-26-17-12-19-18(27-9-10-28-19)11-16(17)13-22-6-2-4-21(14-22)5-3-20(25)23(15-21)7-8-24/h11-12,24H,2-10,13-15H2,1H3. The van der Waals surface area contributed by atoms with Crippen molar-refractivity contribution in [2.45, 2.75) is 32.2 Å². The van der Waals surface area contributed by atoms with Gasteiger partial charge < -0.3 is 24.2 Å².